The van der Waals surface area contributed by atoms with Crippen molar-refractivity contribution in [1.29, 1.82) is 5.41 Å². The van der Waals surface area contributed by atoms with Gasteiger partial charge in [0.25, 0.3) is 0 Å². The number of aryl methyl sites for hydroxylation is 4. The molecule has 2 heterocycles. The lowest BCUT2D eigenvalue weighted by Crippen LogP contribution is -2.11. The number of carbonyl (C=O) groups excluding carboxylic acids is 1. The summed E-state index contributed by atoms with van der Waals surface area (Å²) in [6.07, 6.45) is 2.57. The maximum atomic E-state index is 13.1. The maximum Gasteiger partial charge on any atom is 0.186 e. The lowest BCUT2D eigenvalue weighted by atomic mass is 10.0. The number of benzene rings is 2. The second-order valence-electron chi connectivity index (χ2n) is 8.46. The van der Waals surface area contributed by atoms with Crippen LogP contribution >= 0.6 is 23.1 Å². The van der Waals surface area contributed by atoms with Crippen molar-refractivity contribution in [2.75, 3.05) is 6.61 Å². The van der Waals surface area contributed by atoms with Gasteiger partial charge in [-0.1, -0.05) is 42.4 Å². The zero-order valence-electron chi connectivity index (χ0n) is 20.6. The Morgan fingerprint density at radius 1 is 1.03 bits per heavy atom. The van der Waals surface area contributed by atoms with Gasteiger partial charge in [-0.05, 0) is 74.6 Å². The minimum atomic E-state index is -0.654. The number of nitrogens with zero attached hydrogens (tertiary/aromatic N) is 2. The molecule has 0 spiro atoms. The third kappa shape index (κ3) is 5.49. The molecule has 8 heteroatoms. The highest BCUT2D eigenvalue weighted by Gasteiger charge is 2.39. The Kier molecular flexibility index (Phi) is 7.72. The Labute approximate surface area is 214 Å². The van der Waals surface area contributed by atoms with E-state index in [1.54, 1.807) is 0 Å². The molecule has 1 aromatic heterocycles. The highest BCUT2D eigenvalue weighted by Crippen LogP contribution is 2.42. The number of ketones is 1. The molecule has 1 aliphatic rings. The fraction of sp³-hybridized carbons (Fsp3) is 0.333. The summed E-state index contributed by atoms with van der Waals surface area (Å²) < 4.78 is 12.0. The molecule has 0 saturated carbocycles. The van der Waals surface area contributed by atoms with Crippen LogP contribution in [0.2, 0.25) is 0 Å². The molecule has 1 saturated heterocycles. The molecule has 0 amide bonds. The van der Waals surface area contributed by atoms with Crippen LogP contribution in [-0.2, 0) is 17.8 Å². The van der Waals surface area contributed by atoms with E-state index < -0.39 is 5.92 Å². The molecule has 0 radical (unpaired) electrons. The number of rotatable bonds is 8. The first-order chi connectivity index (χ1) is 16.8. The molecule has 182 valence electrons. The molecule has 4 rings (SSSR count). The summed E-state index contributed by atoms with van der Waals surface area (Å²) in [6, 6.07) is 9.99. The summed E-state index contributed by atoms with van der Waals surface area (Å²) in [4.78, 5) is 13.6. The first kappa shape index (κ1) is 25.1. The molecule has 1 fully saturated rings. The Morgan fingerprint density at radius 2 is 1.77 bits per heavy atom. The third-order valence-electron chi connectivity index (χ3n) is 5.80. The molecule has 35 heavy (non-hydrogen) atoms. The van der Waals surface area contributed by atoms with Gasteiger partial charge in [0.1, 0.15) is 22.5 Å². The molecule has 1 aliphatic heterocycles. The quantitative estimate of drug-likeness (QED) is 0.354. The van der Waals surface area contributed by atoms with Crippen molar-refractivity contribution < 1.29 is 14.3 Å². The number of hydrogen-bond acceptors (Lipinski definition) is 8. The monoisotopic (exact) mass is 507 g/mol. The molecule has 0 bridgehead atoms. The van der Waals surface area contributed by atoms with Crippen LogP contribution in [0.15, 0.2) is 35.2 Å². The summed E-state index contributed by atoms with van der Waals surface area (Å²) in [6.45, 7) is 11.2. The smallest absolute Gasteiger partial charge is 0.186 e. The molecule has 2 aromatic carbocycles. The predicted molar refractivity (Wildman–Crippen MR) is 143 cm³/mol. The van der Waals surface area contributed by atoms with E-state index in [9.17, 15) is 4.79 Å². The van der Waals surface area contributed by atoms with Crippen molar-refractivity contribution >= 4 is 40.0 Å². The molecular weight excluding hydrogens is 478 g/mol. The van der Waals surface area contributed by atoms with Gasteiger partial charge in [-0.25, -0.2) is 0 Å². The number of ether oxygens (including phenoxy) is 2. The van der Waals surface area contributed by atoms with Gasteiger partial charge in [-0.3, -0.25) is 10.2 Å². The highest BCUT2D eigenvalue weighted by atomic mass is 32.2. The van der Waals surface area contributed by atoms with Crippen molar-refractivity contribution in [3.63, 3.8) is 0 Å². The number of hydrogen-bond donors (Lipinski definition) is 1. The van der Waals surface area contributed by atoms with E-state index in [2.05, 4.69) is 43.1 Å². The van der Waals surface area contributed by atoms with Gasteiger partial charge in [-0.2, -0.15) is 0 Å². The van der Waals surface area contributed by atoms with E-state index in [1.165, 1.54) is 45.4 Å². The predicted octanol–water partition coefficient (Wildman–Crippen LogP) is 6.42. The van der Waals surface area contributed by atoms with Gasteiger partial charge >= 0.3 is 0 Å². The summed E-state index contributed by atoms with van der Waals surface area (Å²) in [5, 5.41) is 18.4. The number of carbonyl (C=O) groups is 1. The number of nitrogens with one attached hydrogen (secondary N) is 1. The molecule has 1 atom stereocenters. The minimum absolute atomic E-state index is 0.109. The topological polar surface area (TPSA) is 85.2 Å². The second kappa shape index (κ2) is 10.7. The van der Waals surface area contributed by atoms with Crippen molar-refractivity contribution in [2.45, 2.75) is 53.6 Å². The fourth-order valence-electron chi connectivity index (χ4n) is 4.08. The van der Waals surface area contributed by atoms with Gasteiger partial charge < -0.3 is 9.47 Å². The van der Waals surface area contributed by atoms with E-state index in [-0.39, 0.29) is 10.8 Å². The lowest BCUT2D eigenvalue weighted by Gasteiger charge is -2.16. The SMILES string of the molecule is CCOc1cc(/C=C2\SC(=N)[C@H](c3nnc(CC)s3)C2=O)ccc1OCc1c(C)cc(C)cc1C. The molecule has 1 N–H and O–H groups in total. The van der Waals surface area contributed by atoms with Crippen LogP contribution in [0.3, 0.4) is 0 Å². The number of Topliss-reactive ketones (excluding diaryl/α,β-unsaturated/α-hetero) is 1. The first-order valence-electron chi connectivity index (χ1n) is 11.6. The summed E-state index contributed by atoms with van der Waals surface area (Å²) in [5.74, 6) is 0.523. The van der Waals surface area contributed by atoms with Crippen LogP contribution in [0, 0.1) is 26.2 Å². The van der Waals surface area contributed by atoms with Crippen LogP contribution in [0.1, 0.15) is 57.6 Å². The molecule has 3 aromatic rings. The first-order valence-corrected chi connectivity index (χ1v) is 13.2. The van der Waals surface area contributed by atoms with Crippen LogP contribution in [0.25, 0.3) is 6.08 Å². The second-order valence-corrected chi connectivity index (χ2v) is 10.6. The van der Waals surface area contributed by atoms with Crippen molar-refractivity contribution in [1.82, 2.24) is 10.2 Å². The summed E-state index contributed by atoms with van der Waals surface area (Å²) in [5.41, 5.74) is 5.64. The summed E-state index contributed by atoms with van der Waals surface area (Å²) >= 11 is 2.59. The number of aromatic nitrogens is 2. The summed E-state index contributed by atoms with van der Waals surface area (Å²) in [7, 11) is 0. The van der Waals surface area contributed by atoms with Crippen LogP contribution in [-0.4, -0.2) is 27.6 Å². The van der Waals surface area contributed by atoms with Gasteiger partial charge in [-0.15, -0.1) is 21.5 Å². The normalized spacial score (nSPS) is 16.8. The van der Waals surface area contributed by atoms with E-state index in [1.807, 2.05) is 38.1 Å². The van der Waals surface area contributed by atoms with E-state index in [0.717, 1.165) is 17.0 Å². The molecular formula is C27H29N3O3S2. The zero-order valence-corrected chi connectivity index (χ0v) is 22.2. The third-order valence-corrected chi connectivity index (χ3v) is 7.92. The average molecular weight is 508 g/mol. The van der Waals surface area contributed by atoms with Crippen LogP contribution in [0.5, 0.6) is 11.5 Å². The number of thioether (sulfide) groups is 1. The number of allylic oxidation sites excluding steroid dienone is 1. The Morgan fingerprint density at radius 3 is 2.43 bits per heavy atom. The maximum absolute atomic E-state index is 13.1. The average Bonchev–Trinajstić information content (AvgIpc) is 3.38. The lowest BCUT2D eigenvalue weighted by molar-refractivity contribution is -0.114. The van der Waals surface area contributed by atoms with Crippen molar-refractivity contribution in [3.8, 4) is 11.5 Å². The minimum Gasteiger partial charge on any atom is -0.490 e. The van der Waals surface area contributed by atoms with Crippen molar-refractivity contribution in [3.05, 3.63) is 73.1 Å². The zero-order chi connectivity index (χ0) is 25.1. The Bertz CT molecular complexity index is 1290. The van der Waals surface area contributed by atoms with E-state index in [0.29, 0.717) is 34.6 Å². The Hall–Kier alpha value is -2.97. The molecule has 0 aliphatic carbocycles. The fourth-order valence-corrected chi connectivity index (χ4v) is 6.03. The van der Waals surface area contributed by atoms with Gasteiger partial charge in [0.05, 0.1) is 16.6 Å². The van der Waals surface area contributed by atoms with Crippen molar-refractivity contribution in [2.24, 2.45) is 0 Å². The molecule has 0 unspecified atom stereocenters. The highest BCUT2D eigenvalue weighted by molar-refractivity contribution is 8.19. The van der Waals surface area contributed by atoms with Gasteiger partial charge in [0.2, 0.25) is 0 Å². The Balaban J connectivity index is 1.56. The standard InChI is InChI=1S/C27H29N3O3S2/c1-6-23-29-30-27(35-23)24-25(31)22(34-26(24)28)13-18-8-9-20(21(12-18)32-7-2)33-14-19-16(4)10-15(3)11-17(19)5/h8-13,24,28H,6-7,14H2,1-5H3/b22-13-,28-26?/t24-/m1/s1. The van der Waals surface area contributed by atoms with Gasteiger partial charge in [0, 0.05) is 0 Å². The van der Waals surface area contributed by atoms with Crippen LogP contribution in [0.4, 0.5) is 0 Å². The van der Waals surface area contributed by atoms with E-state index in [4.69, 9.17) is 14.9 Å². The largest absolute Gasteiger partial charge is 0.490 e. The van der Waals surface area contributed by atoms with Gasteiger partial charge in [0.15, 0.2) is 17.3 Å². The molecule has 6 nitrogen and oxygen atoms in total. The van der Waals surface area contributed by atoms with E-state index >= 15 is 0 Å². The van der Waals surface area contributed by atoms with Crippen LogP contribution < -0.4 is 9.47 Å².